The van der Waals surface area contributed by atoms with Gasteiger partial charge in [0, 0.05) is 6.92 Å². The molecule has 56 valence electrons. The van der Waals surface area contributed by atoms with E-state index >= 15 is 0 Å². The van der Waals surface area contributed by atoms with Crippen molar-refractivity contribution < 1.29 is 9.53 Å². The number of hydrogen-bond donors (Lipinski definition) is 0. The van der Waals surface area contributed by atoms with Crippen LogP contribution in [0.3, 0.4) is 0 Å². The third kappa shape index (κ3) is 1.17. The topological polar surface area (TPSA) is 38.7 Å². The molecule has 2 atom stereocenters. The normalized spacial score (nSPS) is 31.3. The number of ether oxygens (including phenoxy) is 1. The highest BCUT2D eigenvalue weighted by molar-refractivity contribution is 5.87. The predicted molar refractivity (Wildman–Crippen MR) is 38.1 cm³/mol. The molecule has 0 aromatic heterocycles. The fourth-order valence-electron chi connectivity index (χ4n) is 1.09. The fourth-order valence-corrected chi connectivity index (χ4v) is 1.09. The summed E-state index contributed by atoms with van der Waals surface area (Å²) in [5, 5.41) is 0. The van der Waals surface area contributed by atoms with Crippen LogP contribution in [0, 0.1) is 0 Å². The molecule has 1 aliphatic rings. The molecule has 0 saturated carbocycles. The van der Waals surface area contributed by atoms with E-state index < -0.39 is 0 Å². The Labute approximate surface area is 60.1 Å². The molecule has 0 bridgehead atoms. The number of carbonyl (C=O) groups is 1. The van der Waals surface area contributed by atoms with Crippen molar-refractivity contribution >= 4 is 11.7 Å². The van der Waals surface area contributed by atoms with E-state index in [0.717, 1.165) is 0 Å². The molecule has 3 heteroatoms. The van der Waals surface area contributed by atoms with Crippen molar-refractivity contribution in [3.8, 4) is 0 Å². The second-order valence-corrected chi connectivity index (χ2v) is 2.54. The molecule has 0 spiro atoms. The second-order valence-electron chi connectivity index (χ2n) is 2.54. The number of carbonyl (C=O) groups excluding carboxylic acids is 1. The van der Waals surface area contributed by atoms with Gasteiger partial charge in [0.05, 0.1) is 6.04 Å². The Hall–Kier alpha value is -0.860. The van der Waals surface area contributed by atoms with Crippen molar-refractivity contribution in [1.82, 2.24) is 0 Å². The molecule has 0 fully saturated rings. The van der Waals surface area contributed by atoms with Crippen LogP contribution in [0.25, 0.3) is 0 Å². The van der Waals surface area contributed by atoms with Gasteiger partial charge in [0.25, 0.3) is 0 Å². The summed E-state index contributed by atoms with van der Waals surface area (Å²) in [7, 11) is 0. The zero-order valence-corrected chi connectivity index (χ0v) is 6.42. The van der Waals surface area contributed by atoms with Crippen LogP contribution < -0.4 is 0 Å². The molecule has 1 heterocycles. The van der Waals surface area contributed by atoms with Gasteiger partial charge in [-0.15, -0.1) is 0 Å². The Morgan fingerprint density at radius 3 is 2.50 bits per heavy atom. The third-order valence-electron chi connectivity index (χ3n) is 1.52. The lowest BCUT2D eigenvalue weighted by atomic mass is 10.1. The van der Waals surface area contributed by atoms with Crippen molar-refractivity contribution in [2.24, 2.45) is 4.99 Å². The number of nitrogens with zero attached hydrogens (tertiary/aromatic N) is 1. The Morgan fingerprint density at radius 2 is 2.30 bits per heavy atom. The molecular formula is C7H11NO2. The highest BCUT2D eigenvalue weighted by atomic mass is 16.5. The Kier molecular flexibility index (Phi) is 1.74. The van der Waals surface area contributed by atoms with E-state index in [4.69, 9.17) is 4.74 Å². The standard InChI is InChI=1S/C7H11NO2/c1-4-7(5(2)9)10-6(3)8-4/h4,7H,1-3H3/t4-,7-/m0/s1. The summed E-state index contributed by atoms with van der Waals surface area (Å²) in [6, 6.07) is -0.00231. The summed E-state index contributed by atoms with van der Waals surface area (Å²) in [6.07, 6.45) is -0.333. The quantitative estimate of drug-likeness (QED) is 0.541. The first-order valence-electron chi connectivity index (χ1n) is 3.33. The zero-order valence-electron chi connectivity index (χ0n) is 6.42. The van der Waals surface area contributed by atoms with E-state index in [1.807, 2.05) is 6.92 Å². The maximum atomic E-state index is 10.8. The van der Waals surface area contributed by atoms with E-state index in [0.29, 0.717) is 5.90 Å². The molecule has 1 aliphatic heterocycles. The smallest absolute Gasteiger partial charge is 0.181 e. The molecule has 10 heavy (non-hydrogen) atoms. The minimum atomic E-state index is -0.333. The van der Waals surface area contributed by atoms with Crippen LogP contribution in [0.1, 0.15) is 20.8 Å². The molecule has 0 aliphatic carbocycles. The average Bonchev–Trinajstić information content (AvgIpc) is 2.10. The summed E-state index contributed by atoms with van der Waals surface area (Å²) in [5.74, 6) is 0.667. The summed E-state index contributed by atoms with van der Waals surface area (Å²) in [4.78, 5) is 14.9. The second kappa shape index (κ2) is 2.40. The number of ketones is 1. The Morgan fingerprint density at radius 1 is 1.70 bits per heavy atom. The van der Waals surface area contributed by atoms with Crippen LogP contribution in [-0.2, 0) is 9.53 Å². The highest BCUT2D eigenvalue weighted by Gasteiger charge is 2.28. The van der Waals surface area contributed by atoms with Crippen molar-refractivity contribution in [3.05, 3.63) is 0 Å². The lowest BCUT2D eigenvalue weighted by Gasteiger charge is -2.08. The summed E-state index contributed by atoms with van der Waals surface area (Å²) in [6.45, 7) is 5.16. The first kappa shape index (κ1) is 7.25. The van der Waals surface area contributed by atoms with Gasteiger partial charge < -0.3 is 4.74 Å². The van der Waals surface area contributed by atoms with E-state index in [9.17, 15) is 4.79 Å². The van der Waals surface area contributed by atoms with Gasteiger partial charge in [-0.05, 0) is 13.8 Å². The Bertz CT molecular complexity index is 186. The van der Waals surface area contributed by atoms with Gasteiger partial charge in [-0.1, -0.05) is 0 Å². The maximum Gasteiger partial charge on any atom is 0.181 e. The van der Waals surface area contributed by atoms with Crippen LogP contribution in [0.5, 0.6) is 0 Å². The van der Waals surface area contributed by atoms with Gasteiger partial charge >= 0.3 is 0 Å². The molecule has 1 rings (SSSR count). The summed E-state index contributed by atoms with van der Waals surface area (Å²) in [5.41, 5.74) is 0. The summed E-state index contributed by atoms with van der Waals surface area (Å²) >= 11 is 0. The number of aliphatic imine (C=N–C) groups is 1. The summed E-state index contributed by atoms with van der Waals surface area (Å²) < 4.78 is 5.14. The molecule has 0 aromatic rings. The lowest BCUT2D eigenvalue weighted by Crippen LogP contribution is -2.27. The average molecular weight is 141 g/mol. The predicted octanol–water partition coefficient (Wildman–Crippen LogP) is 0.781. The molecule has 3 nitrogen and oxygen atoms in total. The van der Waals surface area contributed by atoms with Gasteiger partial charge in [-0.3, -0.25) is 4.79 Å². The van der Waals surface area contributed by atoms with Gasteiger partial charge in [0.15, 0.2) is 17.8 Å². The van der Waals surface area contributed by atoms with Gasteiger partial charge in [-0.25, -0.2) is 4.99 Å². The minimum absolute atomic E-state index is 0.00231. The molecule has 0 aromatic carbocycles. The number of rotatable bonds is 1. The fraction of sp³-hybridized carbons (Fsp3) is 0.714. The third-order valence-corrected chi connectivity index (χ3v) is 1.52. The van der Waals surface area contributed by atoms with Crippen LogP contribution in [0.15, 0.2) is 4.99 Å². The van der Waals surface area contributed by atoms with Crippen molar-refractivity contribution in [2.75, 3.05) is 0 Å². The SMILES string of the molecule is CC(=O)[C@H]1OC(C)=N[C@H]1C. The lowest BCUT2D eigenvalue weighted by molar-refractivity contribution is -0.123. The van der Waals surface area contributed by atoms with Gasteiger partial charge in [0.2, 0.25) is 0 Å². The first-order valence-corrected chi connectivity index (χ1v) is 3.33. The molecule has 0 amide bonds. The van der Waals surface area contributed by atoms with Gasteiger partial charge in [0.1, 0.15) is 0 Å². The number of hydrogen-bond acceptors (Lipinski definition) is 3. The van der Waals surface area contributed by atoms with Crippen LogP contribution in [0.2, 0.25) is 0 Å². The van der Waals surface area contributed by atoms with E-state index in [2.05, 4.69) is 4.99 Å². The van der Waals surface area contributed by atoms with Crippen molar-refractivity contribution in [1.29, 1.82) is 0 Å². The largest absolute Gasteiger partial charge is 0.468 e. The van der Waals surface area contributed by atoms with Crippen LogP contribution >= 0.6 is 0 Å². The molecule has 0 radical (unpaired) electrons. The van der Waals surface area contributed by atoms with E-state index in [1.54, 1.807) is 6.92 Å². The Balaban J connectivity index is 2.63. The maximum absolute atomic E-state index is 10.8. The first-order chi connectivity index (χ1) is 4.61. The molecule has 0 unspecified atom stereocenters. The van der Waals surface area contributed by atoms with Gasteiger partial charge in [-0.2, -0.15) is 0 Å². The zero-order chi connectivity index (χ0) is 7.72. The molecule has 0 saturated heterocycles. The van der Waals surface area contributed by atoms with Crippen LogP contribution in [0.4, 0.5) is 0 Å². The number of Topliss-reactive ketones (excluding diaryl/α,β-unsaturated/α-hetero) is 1. The molecular weight excluding hydrogens is 130 g/mol. The minimum Gasteiger partial charge on any atom is -0.468 e. The highest BCUT2D eigenvalue weighted by Crippen LogP contribution is 2.13. The molecule has 0 N–H and O–H groups in total. The van der Waals surface area contributed by atoms with E-state index in [-0.39, 0.29) is 17.9 Å². The monoisotopic (exact) mass is 141 g/mol. The van der Waals surface area contributed by atoms with Crippen LogP contribution in [-0.4, -0.2) is 23.8 Å². The van der Waals surface area contributed by atoms with E-state index in [1.165, 1.54) is 6.92 Å². The van der Waals surface area contributed by atoms with Crippen molar-refractivity contribution in [2.45, 2.75) is 32.9 Å². The van der Waals surface area contributed by atoms with Crippen molar-refractivity contribution in [3.63, 3.8) is 0 Å².